The lowest BCUT2D eigenvalue weighted by Gasteiger charge is -2.08. The van der Waals surface area contributed by atoms with Crippen molar-refractivity contribution in [3.05, 3.63) is 23.8 Å². The molecule has 0 N–H and O–H groups in total. The summed E-state index contributed by atoms with van der Waals surface area (Å²) in [5.41, 5.74) is 0.458. The molecule has 0 fully saturated rings. The monoisotopic (exact) mass is 195 g/mol. The molecule has 0 heterocycles. The number of benzene rings is 1. The Hall–Kier alpha value is -1.76. The van der Waals surface area contributed by atoms with Gasteiger partial charge in [0.15, 0.2) is 11.5 Å². The zero-order chi connectivity index (χ0) is 10.4. The smallest absolute Gasteiger partial charge is 0.162 e. The van der Waals surface area contributed by atoms with Crippen LogP contribution >= 0.6 is 0 Å². The van der Waals surface area contributed by atoms with Gasteiger partial charge < -0.3 is 9.47 Å². The van der Waals surface area contributed by atoms with E-state index in [1.165, 1.54) is 13.2 Å². The molecule has 14 heavy (non-hydrogen) atoms. The fraction of sp³-hybridized carbons (Fsp3) is 0.300. The molecule has 3 nitrogen and oxygen atoms in total. The van der Waals surface area contributed by atoms with Gasteiger partial charge in [-0.25, -0.2) is 4.39 Å². The molecule has 1 aromatic carbocycles. The third-order valence-corrected chi connectivity index (χ3v) is 1.63. The maximum absolute atomic E-state index is 11.9. The normalized spacial score (nSPS) is 9.21. The maximum atomic E-state index is 11.9. The predicted octanol–water partition coefficient (Wildman–Crippen LogP) is 1.92. The molecule has 0 atom stereocenters. The maximum Gasteiger partial charge on any atom is 0.162 e. The first-order chi connectivity index (χ1) is 6.81. The number of rotatable bonds is 4. The van der Waals surface area contributed by atoms with Gasteiger partial charge in [-0.05, 0) is 12.1 Å². The first kappa shape index (κ1) is 10.3. The zero-order valence-corrected chi connectivity index (χ0v) is 7.79. The number of hydrogen-bond donors (Lipinski definition) is 0. The number of nitriles is 1. The van der Waals surface area contributed by atoms with Crippen molar-refractivity contribution in [2.75, 3.05) is 20.4 Å². The lowest BCUT2D eigenvalue weighted by molar-refractivity contribution is 0.260. The summed E-state index contributed by atoms with van der Waals surface area (Å²) in [5, 5.41) is 8.63. The lowest BCUT2D eigenvalue weighted by atomic mass is 10.2. The van der Waals surface area contributed by atoms with E-state index in [1.54, 1.807) is 12.1 Å². The molecule has 0 aromatic heterocycles. The molecule has 0 aliphatic carbocycles. The summed E-state index contributed by atoms with van der Waals surface area (Å²) in [6.45, 7) is -0.606. The standard InChI is InChI=1S/C10H10FNO2/c1-13-9-3-2-8(7-12)6-10(9)14-5-4-11/h2-3,6H,4-5H2,1H3. The molecular weight excluding hydrogens is 185 g/mol. The highest BCUT2D eigenvalue weighted by Crippen LogP contribution is 2.27. The summed E-state index contributed by atoms with van der Waals surface area (Å²) in [7, 11) is 1.49. The summed E-state index contributed by atoms with van der Waals surface area (Å²) < 4.78 is 21.9. The van der Waals surface area contributed by atoms with Crippen molar-refractivity contribution in [2.24, 2.45) is 0 Å². The molecule has 0 bridgehead atoms. The van der Waals surface area contributed by atoms with Crippen LogP contribution in [0.4, 0.5) is 4.39 Å². The van der Waals surface area contributed by atoms with E-state index in [2.05, 4.69) is 0 Å². The van der Waals surface area contributed by atoms with Gasteiger partial charge in [0.1, 0.15) is 13.3 Å². The van der Waals surface area contributed by atoms with Crippen LogP contribution in [0.1, 0.15) is 5.56 Å². The minimum absolute atomic E-state index is 0.0365. The van der Waals surface area contributed by atoms with Gasteiger partial charge in [0.25, 0.3) is 0 Å². The van der Waals surface area contributed by atoms with Crippen molar-refractivity contribution in [2.45, 2.75) is 0 Å². The minimum atomic E-state index is -0.570. The first-order valence-corrected chi connectivity index (χ1v) is 4.08. The van der Waals surface area contributed by atoms with E-state index in [0.717, 1.165) is 0 Å². The van der Waals surface area contributed by atoms with Crippen LogP contribution in [-0.2, 0) is 0 Å². The van der Waals surface area contributed by atoms with Gasteiger partial charge >= 0.3 is 0 Å². The second-order valence-corrected chi connectivity index (χ2v) is 2.51. The van der Waals surface area contributed by atoms with Crippen molar-refractivity contribution in [1.29, 1.82) is 5.26 Å². The second-order valence-electron chi connectivity index (χ2n) is 2.51. The molecule has 74 valence electrons. The number of nitrogens with zero attached hydrogens (tertiary/aromatic N) is 1. The molecule has 1 rings (SSSR count). The summed E-state index contributed by atoms with van der Waals surface area (Å²) in [5.74, 6) is 0.890. The van der Waals surface area contributed by atoms with E-state index in [4.69, 9.17) is 14.7 Å². The Bertz CT molecular complexity index is 346. The SMILES string of the molecule is COc1ccc(C#N)cc1OCCF. The average molecular weight is 195 g/mol. The molecule has 0 saturated heterocycles. The number of methoxy groups -OCH3 is 1. The van der Waals surface area contributed by atoms with Crippen LogP contribution in [0.15, 0.2) is 18.2 Å². The zero-order valence-electron chi connectivity index (χ0n) is 7.79. The van der Waals surface area contributed by atoms with E-state index < -0.39 is 6.67 Å². The third-order valence-electron chi connectivity index (χ3n) is 1.63. The number of ether oxygens (including phenoxy) is 2. The van der Waals surface area contributed by atoms with Gasteiger partial charge in [0.05, 0.1) is 18.7 Å². The molecule has 0 unspecified atom stereocenters. The highest BCUT2D eigenvalue weighted by molar-refractivity contribution is 5.46. The van der Waals surface area contributed by atoms with Crippen LogP contribution < -0.4 is 9.47 Å². The lowest BCUT2D eigenvalue weighted by Crippen LogP contribution is -2.00. The molecule has 4 heteroatoms. The Labute approximate surface area is 81.7 Å². The van der Waals surface area contributed by atoms with Crippen molar-refractivity contribution in [3.8, 4) is 17.6 Å². The summed E-state index contributed by atoms with van der Waals surface area (Å²) >= 11 is 0. The number of halogens is 1. The number of hydrogen-bond acceptors (Lipinski definition) is 3. The quantitative estimate of drug-likeness (QED) is 0.737. The van der Waals surface area contributed by atoms with E-state index in [1.807, 2.05) is 6.07 Å². The van der Waals surface area contributed by atoms with Gasteiger partial charge in [0, 0.05) is 6.07 Å². The summed E-state index contributed by atoms with van der Waals surface area (Å²) in [4.78, 5) is 0. The van der Waals surface area contributed by atoms with Crippen LogP contribution in [0.25, 0.3) is 0 Å². The average Bonchev–Trinajstić information content (AvgIpc) is 2.25. The van der Waals surface area contributed by atoms with Crippen LogP contribution in [0.2, 0.25) is 0 Å². The molecule has 0 spiro atoms. The fourth-order valence-electron chi connectivity index (χ4n) is 1.01. The van der Waals surface area contributed by atoms with Crippen LogP contribution in [0.3, 0.4) is 0 Å². The second kappa shape index (κ2) is 5.07. The molecular formula is C10H10FNO2. The first-order valence-electron chi connectivity index (χ1n) is 4.08. The van der Waals surface area contributed by atoms with Crippen LogP contribution in [0, 0.1) is 11.3 Å². The van der Waals surface area contributed by atoms with Crippen LogP contribution in [-0.4, -0.2) is 20.4 Å². The van der Waals surface area contributed by atoms with Gasteiger partial charge in [-0.15, -0.1) is 0 Å². The Morgan fingerprint density at radius 1 is 1.43 bits per heavy atom. The predicted molar refractivity (Wildman–Crippen MR) is 49.2 cm³/mol. The summed E-state index contributed by atoms with van der Waals surface area (Å²) in [6, 6.07) is 6.72. The Morgan fingerprint density at radius 2 is 2.21 bits per heavy atom. The van der Waals surface area contributed by atoms with Gasteiger partial charge in [0.2, 0.25) is 0 Å². The molecule has 0 saturated carbocycles. The topological polar surface area (TPSA) is 42.2 Å². The Morgan fingerprint density at radius 3 is 2.79 bits per heavy atom. The molecule has 1 aromatic rings. The molecule has 0 aliphatic rings. The van der Waals surface area contributed by atoms with Gasteiger partial charge in [-0.1, -0.05) is 0 Å². The molecule has 0 radical (unpaired) electrons. The Kier molecular flexibility index (Phi) is 3.74. The third kappa shape index (κ3) is 2.36. The molecule has 0 aliphatic heterocycles. The van der Waals surface area contributed by atoms with E-state index in [9.17, 15) is 4.39 Å². The fourth-order valence-corrected chi connectivity index (χ4v) is 1.01. The highest BCUT2D eigenvalue weighted by atomic mass is 19.1. The Balaban J connectivity index is 2.91. The summed E-state index contributed by atoms with van der Waals surface area (Å²) in [6.07, 6.45) is 0. The van der Waals surface area contributed by atoms with E-state index in [0.29, 0.717) is 17.1 Å². The van der Waals surface area contributed by atoms with Crippen molar-refractivity contribution in [1.82, 2.24) is 0 Å². The largest absolute Gasteiger partial charge is 0.493 e. The highest BCUT2D eigenvalue weighted by Gasteiger charge is 2.04. The van der Waals surface area contributed by atoms with Gasteiger partial charge in [-0.3, -0.25) is 0 Å². The van der Waals surface area contributed by atoms with Gasteiger partial charge in [-0.2, -0.15) is 5.26 Å². The van der Waals surface area contributed by atoms with Crippen molar-refractivity contribution in [3.63, 3.8) is 0 Å². The minimum Gasteiger partial charge on any atom is -0.493 e. The van der Waals surface area contributed by atoms with E-state index in [-0.39, 0.29) is 6.61 Å². The molecule has 0 amide bonds. The van der Waals surface area contributed by atoms with Crippen LogP contribution in [0.5, 0.6) is 11.5 Å². The van der Waals surface area contributed by atoms with E-state index >= 15 is 0 Å². The van der Waals surface area contributed by atoms with Crippen molar-refractivity contribution < 1.29 is 13.9 Å². The van der Waals surface area contributed by atoms with Crippen molar-refractivity contribution >= 4 is 0 Å². The number of alkyl halides is 1.